The van der Waals surface area contributed by atoms with Crippen molar-refractivity contribution in [1.82, 2.24) is 0 Å². The van der Waals surface area contributed by atoms with E-state index < -0.39 is 0 Å². The van der Waals surface area contributed by atoms with Gasteiger partial charge in [-0.2, -0.15) is 0 Å². The van der Waals surface area contributed by atoms with Gasteiger partial charge in [0.25, 0.3) is 0 Å². The number of nitrogens with one attached hydrogen (secondary N) is 1. The van der Waals surface area contributed by atoms with Crippen LogP contribution in [0.3, 0.4) is 0 Å². The fourth-order valence-corrected chi connectivity index (χ4v) is 4.23. The molecule has 3 heteroatoms. The monoisotopic (exact) mass is 430 g/mol. The standard InChI is InChI=1S/C26H30N2O.C3H8/c1-18-4-13-26(19(2)16-18)27-23-9-5-21(6-10-23)22-7-11-24(12-8-22)28-15-14-25(29)17-20(28)3;1-3-2/h4-13,16,20,25,27,29H,14-15,17H2,1-3H3;3H2,1-2H3. The molecule has 1 heterocycles. The number of anilines is 3. The first-order valence-electron chi connectivity index (χ1n) is 11.9. The molecule has 1 saturated heterocycles. The van der Waals surface area contributed by atoms with Gasteiger partial charge in [0.1, 0.15) is 0 Å². The zero-order valence-corrected chi connectivity index (χ0v) is 20.2. The fraction of sp³-hybridized carbons (Fsp3) is 0.379. The number of rotatable bonds is 4. The Balaban J connectivity index is 0.000000913. The van der Waals surface area contributed by atoms with Crippen LogP contribution in [0.25, 0.3) is 11.1 Å². The summed E-state index contributed by atoms with van der Waals surface area (Å²) in [4.78, 5) is 2.40. The predicted molar refractivity (Wildman–Crippen MR) is 139 cm³/mol. The van der Waals surface area contributed by atoms with Gasteiger partial charge in [0.2, 0.25) is 0 Å². The number of aryl methyl sites for hydroxylation is 2. The Hall–Kier alpha value is -2.78. The van der Waals surface area contributed by atoms with Crippen LogP contribution in [0.4, 0.5) is 17.1 Å². The molecule has 0 aliphatic carbocycles. The van der Waals surface area contributed by atoms with Crippen molar-refractivity contribution in [1.29, 1.82) is 0 Å². The first-order chi connectivity index (χ1) is 15.4. The van der Waals surface area contributed by atoms with Crippen LogP contribution in [0, 0.1) is 13.8 Å². The lowest BCUT2D eigenvalue weighted by Gasteiger charge is -2.37. The average molecular weight is 431 g/mol. The van der Waals surface area contributed by atoms with E-state index in [0.29, 0.717) is 6.04 Å². The van der Waals surface area contributed by atoms with Crippen LogP contribution in [0.5, 0.6) is 0 Å². The summed E-state index contributed by atoms with van der Waals surface area (Å²) in [6.45, 7) is 11.6. The van der Waals surface area contributed by atoms with Gasteiger partial charge in [-0.25, -0.2) is 0 Å². The van der Waals surface area contributed by atoms with Gasteiger partial charge >= 0.3 is 0 Å². The van der Waals surface area contributed by atoms with Crippen LogP contribution in [0.2, 0.25) is 0 Å². The SMILES string of the molecule is CCC.Cc1ccc(Nc2ccc(-c3ccc(N4CCC(O)CC4C)cc3)cc2)c(C)c1. The maximum absolute atomic E-state index is 9.85. The third-order valence-electron chi connectivity index (χ3n) is 5.93. The van der Waals surface area contributed by atoms with Gasteiger partial charge in [0, 0.05) is 29.6 Å². The van der Waals surface area contributed by atoms with Crippen molar-refractivity contribution in [2.24, 2.45) is 0 Å². The number of nitrogens with zero attached hydrogens (tertiary/aromatic N) is 1. The lowest BCUT2D eigenvalue weighted by Crippen LogP contribution is -2.42. The first kappa shape index (κ1) is 23.9. The van der Waals surface area contributed by atoms with E-state index in [9.17, 15) is 5.11 Å². The van der Waals surface area contributed by atoms with Crippen LogP contribution < -0.4 is 10.2 Å². The van der Waals surface area contributed by atoms with Crippen LogP contribution in [0.1, 0.15) is 51.2 Å². The van der Waals surface area contributed by atoms with Gasteiger partial charge in [-0.3, -0.25) is 0 Å². The maximum atomic E-state index is 9.85. The summed E-state index contributed by atoms with van der Waals surface area (Å²) in [6, 6.07) is 24.2. The molecule has 0 radical (unpaired) electrons. The lowest BCUT2D eigenvalue weighted by atomic mass is 9.99. The van der Waals surface area contributed by atoms with Crippen LogP contribution in [-0.4, -0.2) is 23.8 Å². The number of hydrogen-bond acceptors (Lipinski definition) is 3. The quantitative estimate of drug-likeness (QED) is 0.450. The first-order valence-corrected chi connectivity index (χ1v) is 11.9. The van der Waals surface area contributed by atoms with E-state index >= 15 is 0 Å². The topological polar surface area (TPSA) is 35.5 Å². The van der Waals surface area contributed by atoms with E-state index in [1.807, 2.05) is 0 Å². The second-order valence-electron chi connectivity index (χ2n) is 9.00. The minimum Gasteiger partial charge on any atom is -0.393 e. The van der Waals surface area contributed by atoms with E-state index in [1.54, 1.807) is 0 Å². The molecule has 0 saturated carbocycles. The highest BCUT2D eigenvalue weighted by molar-refractivity contribution is 5.71. The summed E-state index contributed by atoms with van der Waals surface area (Å²) in [6.07, 6.45) is 2.79. The highest BCUT2D eigenvalue weighted by Gasteiger charge is 2.24. The molecule has 3 nitrogen and oxygen atoms in total. The smallest absolute Gasteiger partial charge is 0.0576 e. The Morgan fingerprint density at radius 3 is 2.06 bits per heavy atom. The molecule has 2 unspecified atom stereocenters. The molecular weight excluding hydrogens is 392 g/mol. The Labute approximate surface area is 194 Å². The summed E-state index contributed by atoms with van der Waals surface area (Å²) < 4.78 is 0. The summed E-state index contributed by atoms with van der Waals surface area (Å²) in [7, 11) is 0. The Morgan fingerprint density at radius 1 is 0.906 bits per heavy atom. The van der Waals surface area contributed by atoms with Crippen molar-refractivity contribution < 1.29 is 5.11 Å². The lowest BCUT2D eigenvalue weighted by molar-refractivity contribution is 0.131. The van der Waals surface area contributed by atoms with Crippen molar-refractivity contribution in [3.8, 4) is 11.1 Å². The Bertz CT molecular complexity index is 979. The molecular formula is C29H38N2O. The fourth-order valence-electron chi connectivity index (χ4n) is 4.23. The normalized spacial score (nSPS) is 18.0. The molecule has 2 atom stereocenters. The summed E-state index contributed by atoms with van der Waals surface area (Å²) in [5, 5.41) is 13.4. The number of benzene rings is 3. The molecule has 0 spiro atoms. The van der Waals surface area contributed by atoms with Gasteiger partial charge in [-0.1, -0.05) is 62.2 Å². The van der Waals surface area contributed by atoms with Crippen LogP contribution >= 0.6 is 0 Å². The highest BCUT2D eigenvalue weighted by atomic mass is 16.3. The minimum atomic E-state index is -0.156. The number of hydrogen-bond donors (Lipinski definition) is 2. The molecule has 0 bridgehead atoms. The molecule has 4 rings (SSSR count). The van der Waals surface area contributed by atoms with Gasteiger partial charge < -0.3 is 15.3 Å². The number of aliphatic hydroxyl groups excluding tert-OH is 1. The summed E-state index contributed by atoms with van der Waals surface area (Å²) in [5.41, 5.74) is 8.44. The molecule has 0 amide bonds. The van der Waals surface area contributed by atoms with E-state index in [4.69, 9.17) is 0 Å². The van der Waals surface area contributed by atoms with Crippen LogP contribution in [0.15, 0.2) is 66.7 Å². The molecule has 2 N–H and O–H groups in total. The van der Waals surface area contributed by atoms with E-state index in [1.165, 1.54) is 34.4 Å². The second-order valence-corrected chi connectivity index (χ2v) is 9.00. The summed E-state index contributed by atoms with van der Waals surface area (Å²) >= 11 is 0. The van der Waals surface area contributed by atoms with E-state index in [0.717, 1.165) is 30.8 Å². The molecule has 1 aliphatic rings. The average Bonchev–Trinajstić information content (AvgIpc) is 2.77. The molecule has 170 valence electrons. The molecule has 3 aromatic rings. The van der Waals surface area contributed by atoms with Gasteiger partial charge in [-0.15, -0.1) is 0 Å². The Morgan fingerprint density at radius 2 is 1.50 bits per heavy atom. The Kier molecular flexibility index (Phi) is 8.35. The third kappa shape index (κ3) is 6.14. The number of piperidine rings is 1. The van der Waals surface area contributed by atoms with Gasteiger partial charge in [0.15, 0.2) is 0 Å². The predicted octanol–water partition coefficient (Wildman–Crippen LogP) is 7.48. The zero-order chi connectivity index (χ0) is 23.1. The zero-order valence-electron chi connectivity index (χ0n) is 20.2. The largest absolute Gasteiger partial charge is 0.393 e. The van der Waals surface area contributed by atoms with E-state index in [2.05, 4.69) is 112 Å². The van der Waals surface area contributed by atoms with Gasteiger partial charge in [-0.05, 0) is 80.6 Å². The molecule has 1 fully saturated rings. The highest BCUT2D eigenvalue weighted by Crippen LogP contribution is 2.29. The second kappa shape index (κ2) is 11.2. The van der Waals surface area contributed by atoms with Crippen molar-refractivity contribution in [2.45, 2.75) is 66.0 Å². The van der Waals surface area contributed by atoms with Crippen molar-refractivity contribution in [3.63, 3.8) is 0 Å². The van der Waals surface area contributed by atoms with Crippen molar-refractivity contribution >= 4 is 17.1 Å². The van der Waals surface area contributed by atoms with Crippen molar-refractivity contribution in [3.05, 3.63) is 77.9 Å². The third-order valence-corrected chi connectivity index (χ3v) is 5.93. The molecule has 3 aromatic carbocycles. The van der Waals surface area contributed by atoms with Gasteiger partial charge in [0.05, 0.1) is 6.10 Å². The molecule has 1 aliphatic heterocycles. The maximum Gasteiger partial charge on any atom is 0.0576 e. The summed E-state index contributed by atoms with van der Waals surface area (Å²) in [5.74, 6) is 0. The molecule has 32 heavy (non-hydrogen) atoms. The van der Waals surface area contributed by atoms with Crippen molar-refractivity contribution in [2.75, 3.05) is 16.8 Å². The van der Waals surface area contributed by atoms with Crippen LogP contribution in [-0.2, 0) is 0 Å². The number of aliphatic hydroxyl groups is 1. The molecule has 0 aromatic heterocycles. The van der Waals surface area contributed by atoms with E-state index in [-0.39, 0.29) is 6.10 Å². The minimum absolute atomic E-state index is 0.156.